The fourth-order valence-corrected chi connectivity index (χ4v) is 3.52. The summed E-state index contributed by atoms with van der Waals surface area (Å²) < 4.78 is 5.69. The Hall–Kier alpha value is -0.520. The Bertz CT molecular complexity index is 400. The largest absolute Gasteiger partial charge is 0.468 e. The molecule has 0 heterocycles. The minimum atomic E-state index is -0.222. The zero-order valence-corrected chi connectivity index (χ0v) is 13.0. The third-order valence-electron chi connectivity index (χ3n) is 2.68. The van der Waals surface area contributed by atoms with Crippen LogP contribution in [0.1, 0.15) is 24.2 Å². The van der Waals surface area contributed by atoms with Gasteiger partial charge in [-0.15, -0.1) is 11.8 Å². The van der Waals surface area contributed by atoms with Gasteiger partial charge in [0.05, 0.1) is 12.9 Å². The number of rotatable bonds is 6. The Balaban J connectivity index is 2.85. The number of nitrogens with two attached hydrogens (primary N) is 1. The fourth-order valence-electron chi connectivity index (χ4n) is 1.58. The van der Waals surface area contributed by atoms with Crippen LogP contribution < -0.4 is 5.73 Å². The van der Waals surface area contributed by atoms with Crippen LogP contribution in [-0.2, 0) is 9.53 Å². The van der Waals surface area contributed by atoms with Gasteiger partial charge in [-0.3, -0.25) is 4.79 Å². The van der Waals surface area contributed by atoms with E-state index in [1.54, 1.807) is 0 Å². The SMILES string of the molecule is CCC(N)C(SCC(=O)OC)c1ccccc1Br. The molecule has 2 unspecified atom stereocenters. The van der Waals surface area contributed by atoms with Gasteiger partial charge < -0.3 is 10.5 Å². The molecular weight excluding hydrogens is 314 g/mol. The minimum Gasteiger partial charge on any atom is -0.468 e. The number of esters is 1. The van der Waals surface area contributed by atoms with Crippen molar-refractivity contribution in [2.24, 2.45) is 5.73 Å². The highest BCUT2D eigenvalue weighted by Gasteiger charge is 2.22. The number of methoxy groups -OCH3 is 1. The van der Waals surface area contributed by atoms with Crippen molar-refractivity contribution in [1.82, 2.24) is 0 Å². The molecular formula is C13H18BrNO2S. The normalized spacial score (nSPS) is 14.0. The van der Waals surface area contributed by atoms with Gasteiger partial charge in [0.2, 0.25) is 0 Å². The van der Waals surface area contributed by atoms with E-state index in [1.807, 2.05) is 31.2 Å². The van der Waals surface area contributed by atoms with E-state index in [0.717, 1.165) is 16.5 Å². The van der Waals surface area contributed by atoms with Gasteiger partial charge in [0, 0.05) is 15.8 Å². The first-order valence-electron chi connectivity index (χ1n) is 5.78. The highest BCUT2D eigenvalue weighted by Crippen LogP contribution is 2.36. The zero-order chi connectivity index (χ0) is 13.5. The number of halogens is 1. The van der Waals surface area contributed by atoms with Crippen molar-refractivity contribution < 1.29 is 9.53 Å². The summed E-state index contributed by atoms with van der Waals surface area (Å²) in [5.74, 6) is 0.0938. The summed E-state index contributed by atoms with van der Waals surface area (Å²) in [6.45, 7) is 2.05. The third kappa shape index (κ3) is 4.30. The van der Waals surface area contributed by atoms with Gasteiger partial charge >= 0.3 is 5.97 Å². The highest BCUT2D eigenvalue weighted by molar-refractivity contribution is 9.10. The van der Waals surface area contributed by atoms with Crippen molar-refractivity contribution in [2.45, 2.75) is 24.6 Å². The molecule has 1 aromatic rings. The van der Waals surface area contributed by atoms with Crippen LogP contribution in [0, 0.1) is 0 Å². The number of hydrogen-bond acceptors (Lipinski definition) is 4. The molecule has 1 aromatic carbocycles. The maximum Gasteiger partial charge on any atom is 0.315 e. The minimum absolute atomic E-state index is 0.0124. The molecule has 0 amide bonds. The second kappa shape index (κ2) is 7.81. The Morgan fingerprint density at radius 3 is 2.72 bits per heavy atom. The smallest absolute Gasteiger partial charge is 0.315 e. The van der Waals surface area contributed by atoms with Crippen LogP contribution in [0.4, 0.5) is 0 Å². The Labute approximate surface area is 121 Å². The molecule has 0 saturated heterocycles. The summed E-state index contributed by atoms with van der Waals surface area (Å²) in [5, 5.41) is 0.0877. The predicted octanol–water partition coefficient (Wildman–Crippen LogP) is 3.13. The van der Waals surface area contributed by atoms with Crippen molar-refractivity contribution >= 4 is 33.7 Å². The molecule has 5 heteroatoms. The predicted molar refractivity (Wildman–Crippen MR) is 79.6 cm³/mol. The molecule has 3 nitrogen and oxygen atoms in total. The van der Waals surface area contributed by atoms with Gasteiger partial charge in [0.1, 0.15) is 0 Å². The molecule has 100 valence electrons. The standard InChI is InChI=1S/C13H18BrNO2S/c1-3-11(15)13(18-8-12(16)17-2)9-6-4-5-7-10(9)14/h4-7,11,13H,3,8,15H2,1-2H3. The maximum atomic E-state index is 11.2. The summed E-state index contributed by atoms with van der Waals surface area (Å²) in [5.41, 5.74) is 7.28. The van der Waals surface area contributed by atoms with Crippen LogP contribution in [0.3, 0.4) is 0 Å². The van der Waals surface area contributed by atoms with Crippen LogP contribution in [-0.4, -0.2) is 24.9 Å². The molecule has 0 spiro atoms. The third-order valence-corrected chi connectivity index (χ3v) is 4.77. The number of carbonyl (C=O) groups is 1. The van der Waals surface area contributed by atoms with Gasteiger partial charge in [0.15, 0.2) is 0 Å². The Morgan fingerprint density at radius 1 is 1.50 bits per heavy atom. The summed E-state index contributed by atoms with van der Waals surface area (Å²) >= 11 is 5.06. The molecule has 2 atom stereocenters. The second-order valence-corrected chi connectivity index (χ2v) is 5.89. The lowest BCUT2D eigenvalue weighted by Crippen LogP contribution is -2.26. The Kier molecular flexibility index (Phi) is 6.75. The van der Waals surface area contributed by atoms with Gasteiger partial charge in [-0.2, -0.15) is 0 Å². The van der Waals surface area contributed by atoms with Crippen LogP contribution in [0.2, 0.25) is 0 Å². The van der Waals surface area contributed by atoms with E-state index in [4.69, 9.17) is 5.73 Å². The molecule has 0 saturated carbocycles. The number of hydrogen-bond donors (Lipinski definition) is 1. The molecule has 0 aromatic heterocycles. The van der Waals surface area contributed by atoms with E-state index in [0.29, 0.717) is 5.75 Å². The zero-order valence-electron chi connectivity index (χ0n) is 10.6. The van der Waals surface area contributed by atoms with Crippen molar-refractivity contribution in [2.75, 3.05) is 12.9 Å². The Morgan fingerprint density at radius 2 is 2.17 bits per heavy atom. The van der Waals surface area contributed by atoms with Crippen LogP contribution in [0.5, 0.6) is 0 Å². The van der Waals surface area contributed by atoms with E-state index in [-0.39, 0.29) is 17.3 Å². The highest BCUT2D eigenvalue weighted by atomic mass is 79.9. The van der Waals surface area contributed by atoms with Crippen LogP contribution in [0.15, 0.2) is 28.7 Å². The molecule has 0 aliphatic carbocycles. The summed E-state index contributed by atoms with van der Waals surface area (Å²) in [7, 11) is 1.40. The van der Waals surface area contributed by atoms with E-state index in [1.165, 1.54) is 18.9 Å². The molecule has 0 radical (unpaired) electrons. The van der Waals surface area contributed by atoms with Crippen molar-refractivity contribution in [3.63, 3.8) is 0 Å². The topological polar surface area (TPSA) is 52.3 Å². The quantitative estimate of drug-likeness (QED) is 0.813. The average molecular weight is 332 g/mol. The first-order valence-corrected chi connectivity index (χ1v) is 7.62. The van der Waals surface area contributed by atoms with Gasteiger partial charge in [-0.05, 0) is 18.1 Å². The van der Waals surface area contributed by atoms with Gasteiger partial charge in [-0.25, -0.2) is 0 Å². The number of carbonyl (C=O) groups excluding carboxylic acids is 1. The molecule has 0 bridgehead atoms. The van der Waals surface area contributed by atoms with Crippen LogP contribution in [0.25, 0.3) is 0 Å². The van der Waals surface area contributed by atoms with E-state index in [9.17, 15) is 4.79 Å². The monoisotopic (exact) mass is 331 g/mol. The molecule has 18 heavy (non-hydrogen) atoms. The molecule has 2 N–H and O–H groups in total. The first-order chi connectivity index (χ1) is 8.60. The van der Waals surface area contributed by atoms with Crippen LogP contribution >= 0.6 is 27.7 Å². The molecule has 1 rings (SSSR count). The lowest BCUT2D eigenvalue weighted by molar-refractivity contribution is -0.137. The second-order valence-electron chi connectivity index (χ2n) is 3.90. The number of benzene rings is 1. The van der Waals surface area contributed by atoms with E-state index >= 15 is 0 Å². The molecule has 0 fully saturated rings. The lowest BCUT2D eigenvalue weighted by Gasteiger charge is -2.23. The first kappa shape index (κ1) is 15.5. The van der Waals surface area contributed by atoms with Gasteiger partial charge in [0.25, 0.3) is 0 Å². The van der Waals surface area contributed by atoms with Gasteiger partial charge in [-0.1, -0.05) is 41.1 Å². The maximum absolute atomic E-state index is 11.2. The summed E-state index contributed by atoms with van der Waals surface area (Å²) in [6.07, 6.45) is 0.861. The number of thioether (sulfide) groups is 1. The van der Waals surface area contributed by atoms with E-state index < -0.39 is 0 Å². The van der Waals surface area contributed by atoms with E-state index in [2.05, 4.69) is 20.7 Å². The van der Waals surface area contributed by atoms with Crippen molar-refractivity contribution in [3.05, 3.63) is 34.3 Å². The average Bonchev–Trinajstić information content (AvgIpc) is 2.40. The lowest BCUT2D eigenvalue weighted by atomic mass is 10.0. The van der Waals surface area contributed by atoms with Crippen molar-refractivity contribution in [1.29, 1.82) is 0 Å². The summed E-state index contributed by atoms with van der Waals surface area (Å²) in [4.78, 5) is 11.2. The molecule has 0 aliphatic heterocycles. The summed E-state index contributed by atoms with van der Waals surface area (Å²) in [6, 6.07) is 7.98. The van der Waals surface area contributed by atoms with Crippen molar-refractivity contribution in [3.8, 4) is 0 Å². The molecule has 0 aliphatic rings. The fraction of sp³-hybridized carbons (Fsp3) is 0.462. The number of ether oxygens (including phenoxy) is 1.